The highest BCUT2D eigenvalue weighted by atomic mass is 16.5. The van der Waals surface area contributed by atoms with Crippen LogP contribution in [0, 0.1) is 11.8 Å². The number of rotatable bonds is 6. The van der Waals surface area contributed by atoms with E-state index < -0.39 is 17.8 Å². The second kappa shape index (κ2) is 7.16. The lowest BCUT2D eigenvalue weighted by molar-refractivity contribution is -0.147. The number of ether oxygens (including phenoxy) is 1. The quantitative estimate of drug-likeness (QED) is 0.699. The molecule has 0 radical (unpaired) electrons. The second-order valence-electron chi connectivity index (χ2n) is 4.51. The first-order valence-electron chi connectivity index (χ1n) is 6.33. The number of nitrogens with one attached hydrogen (secondary N) is 1. The molecular weight excluding hydrogens is 234 g/mol. The summed E-state index contributed by atoms with van der Waals surface area (Å²) in [6.45, 7) is 4.78. The van der Waals surface area contributed by atoms with E-state index in [1.807, 2.05) is 26.0 Å². The standard InChI is InChI=1S/C13H21NO4/c1-3-18-9(2)8-14-12(15)10-6-4-5-7-11(10)13(16)17/h4-5,9-11H,3,6-8H2,1-2H3,(H,14,15)(H,16,17)/t9?,10-,11+/m1/s1. The van der Waals surface area contributed by atoms with Crippen molar-refractivity contribution in [3.8, 4) is 0 Å². The van der Waals surface area contributed by atoms with Gasteiger partial charge in [0.15, 0.2) is 0 Å². The molecule has 102 valence electrons. The largest absolute Gasteiger partial charge is 0.481 e. The van der Waals surface area contributed by atoms with Crippen LogP contribution in [0.3, 0.4) is 0 Å². The molecule has 1 aliphatic carbocycles. The van der Waals surface area contributed by atoms with E-state index >= 15 is 0 Å². The van der Waals surface area contributed by atoms with Gasteiger partial charge in [0, 0.05) is 13.2 Å². The zero-order valence-corrected chi connectivity index (χ0v) is 10.9. The molecule has 2 N–H and O–H groups in total. The molecule has 0 saturated heterocycles. The summed E-state index contributed by atoms with van der Waals surface area (Å²) in [7, 11) is 0. The van der Waals surface area contributed by atoms with E-state index in [9.17, 15) is 9.59 Å². The molecule has 0 aliphatic heterocycles. The van der Waals surface area contributed by atoms with Gasteiger partial charge in [0.2, 0.25) is 5.91 Å². The number of carboxylic acid groups (broad SMARTS) is 1. The van der Waals surface area contributed by atoms with Gasteiger partial charge in [-0.2, -0.15) is 0 Å². The summed E-state index contributed by atoms with van der Waals surface area (Å²) in [5.41, 5.74) is 0. The van der Waals surface area contributed by atoms with Crippen LogP contribution in [-0.4, -0.2) is 36.2 Å². The fraction of sp³-hybridized carbons (Fsp3) is 0.692. The van der Waals surface area contributed by atoms with Gasteiger partial charge in [-0.15, -0.1) is 0 Å². The summed E-state index contributed by atoms with van der Waals surface area (Å²) in [4.78, 5) is 23.0. The van der Waals surface area contributed by atoms with Crippen molar-refractivity contribution in [2.24, 2.45) is 11.8 Å². The second-order valence-corrected chi connectivity index (χ2v) is 4.51. The van der Waals surface area contributed by atoms with Gasteiger partial charge in [-0.05, 0) is 26.7 Å². The lowest BCUT2D eigenvalue weighted by Crippen LogP contribution is -2.41. The van der Waals surface area contributed by atoms with Crippen molar-refractivity contribution in [1.29, 1.82) is 0 Å². The topological polar surface area (TPSA) is 75.6 Å². The van der Waals surface area contributed by atoms with E-state index in [0.29, 0.717) is 26.0 Å². The number of carboxylic acids is 1. The minimum absolute atomic E-state index is 0.0543. The Balaban J connectivity index is 2.49. The molecule has 1 amide bonds. The molecule has 18 heavy (non-hydrogen) atoms. The monoisotopic (exact) mass is 255 g/mol. The molecular formula is C13H21NO4. The first-order valence-corrected chi connectivity index (χ1v) is 6.33. The highest BCUT2D eigenvalue weighted by Gasteiger charge is 2.33. The van der Waals surface area contributed by atoms with Crippen LogP contribution in [0.2, 0.25) is 0 Å². The van der Waals surface area contributed by atoms with Crippen LogP contribution in [0.25, 0.3) is 0 Å². The van der Waals surface area contributed by atoms with E-state index in [0.717, 1.165) is 0 Å². The predicted octanol–water partition coefficient (Wildman–Crippen LogP) is 1.19. The minimum Gasteiger partial charge on any atom is -0.481 e. The molecule has 0 saturated carbocycles. The van der Waals surface area contributed by atoms with Gasteiger partial charge < -0.3 is 15.2 Å². The summed E-state index contributed by atoms with van der Waals surface area (Å²) in [6, 6.07) is 0. The van der Waals surface area contributed by atoms with Crippen molar-refractivity contribution >= 4 is 11.9 Å². The number of hydrogen-bond donors (Lipinski definition) is 2. The summed E-state index contributed by atoms with van der Waals surface area (Å²) in [5.74, 6) is -2.19. The zero-order valence-electron chi connectivity index (χ0n) is 10.9. The number of aliphatic carboxylic acids is 1. The molecule has 5 nitrogen and oxygen atoms in total. The Morgan fingerprint density at radius 1 is 1.39 bits per heavy atom. The van der Waals surface area contributed by atoms with Gasteiger partial charge in [-0.25, -0.2) is 0 Å². The maximum atomic E-state index is 12.0. The molecule has 0 fully saturated rings. The molecule has 0 aromatic carbocycles. The Labute approximate surface area is 107 Å². The fourth-order valence-corrected chi connectivity index (χ4v) is 2.10. The highest BCUT2D eigenvalue weighted by Crippen LogP contribution is 2.25. The fourth-order valence-electron chi connectivity index (χ4n) is 2.10. The molecule has 0 aromatic heterocycles. The van der Waals surface area contributed by atoms with Crippen LogP contribution in [0.1, 0.15) is 26.7 Å². The summed E-state index contributed by atoms with van der Waals surface area (Å²) in [5, 5.41) is 11.8. The Hall–Kier alpha value is -1.36. The zero-order chi connectivity index (χ0) is 13.5. The van der Waals surface area contributed by atoms with Crippen molar-refractivity contribution in [2.45, 2.75) is 32.8 Å². The van der Waals surface area contributed by atoms with Gasteiger partial charge in [0.1, 0.15) is 0 Å². The molecule has 0 heterocycles. The Bertz CT molecular complexity index is 327. The van der Waals surface area contributed by atoms with Gasteiger partial charge in [0.25, 0.3) is 0 Å². The Morgan fingerprint density at radius 2 is 2.00 bits per heavy atom. The van der Waals surface area contributed by atoms with E-state index in [1.54, 1.807) is 0 Å². The smallest absolute Gasteiger partial charge is 0.307 e. The van der Waals surface area contributed by atoms with Crippen molar-refractivity contribution in [2.75, 3.05) is 13.2 Å². The normalized spacial score (nSPS) is 24.6. The number of allylic oxidation sites excluding steroid dienone is 2. The number of hydrogen-bond acceptors (Lipinski definition) is 3. The first-order chi connectivity index (χ1) is 8.56. The molecule has 1 aliphatic rings. The van der Waals surface area contributed by atoms with Crippen LogP contribution >= 0.6 is 0 Å². The van der Waals surface area contributed by atoms with Crippen LogP contribution < -0.4 is 5.32 Å². The van der Waals surface area contributed by atoms with Crippen molar-refractivity contribution in [1.82, 2.24) is 5.32 Å². The van der Waals surface area contributed by atoms with E-state index in [2.05, 4.69) is 5.32 Å². The van der Waals surface area contributed by atoms with E-state index in [4.69, 9.17) is 9.84 Å². The molecule has 1 unspecified atom stereocenters. The Morgan fingerprint density at radius 3 is 2.56 bits per heavy atom. The molecule has 0 aromatic rings. The SMILES string of the molecule is CCOC(C)CNC(=O)[C@@H]1CC=CC[C@@H]1C(=O)O. The molecule has 3 atom stereocenters. The number of carbonyl (C=O) groups is 2. The third kappa shape index (κ3) is 4.14. The summed E-state index contributed by atoms with van der Waals surface area (Å²) >= 11 is 0. The first kappa shape index (κ1) is 14.7. The molecule has 0 spiro atoms. The van der Waals surface area contributed by atoms with E-state index in [-0.39, 0.29) is 12.0 Å². The van der Waals surface area contributed by atoms with E-state index in [1.165, 1.54) is 0 Å². The predicted molar refractivity (Wildman–Crippen MR) is 67.1 cm³/mol. The number of carbonyl (C=O) groups excluding carboxylic acids is 1. The highest BCUT2D eigenvalue weighted by molar-refractivity contribution is 5.85. The summed E-state index contributed by atoms with van der Waals surface area (Å²) < 4.78 is 5.31. The van der Waals surface area contributed by atoms with Crippen molar-refractivity contribution < 1.29 is 19.4 Å². The van der Waals surface area contributed by atoms with Crippen molar-refractivity contribution in [3.63, 3.8) is 0 Å². The van der Waals surface area contributed by atoms with Crippen LogP contribution in [0.15, 0.2) is 12.2 Å². The number of amides is 1. The van der Waals surface area contributed by atoms with Gasteiger partial charge in [-0.1, -0.05) is 12.2 Å². The summed E-state index contributed by atoms with van der Waals surface area (Å²) in [6.07, 6.45) is 4.56. The lowest BCUT2D eigenvalue weighted by Gasteiger charge is -2.24. The lowest BCUT2D eigenvalue weighted by atomic mass is 9.82. The van der Waals surface area contributed by atoms with Gasteiger partial charge in [-0.3, -0.25) is 9.59 Å². The molecule has 5 heteroatoms. The molecule has 0 bridgehead atoms. The van der Waals surface area contributed by atoms with Crippen LogP contribution in [-0.2, 0) is 14.3 Å². The van der Waals surface area contributed by atoms with Crippen LogP contribution in [0.4, 0.5) is 0 Å². The van der Waals surface area contributed by atoms with Gasteiger partial charge in [0.05, 0.1) is 17.9 Å². The average molecular weight is 255 g/mol. The molecule has 1 rings (SSSR count). The third-order valence-electron chi connectivity index (χ3n) is 3.10. The maximum absolute atomic E-state index is 12.0. The Kier molecular flexibility index (Phi) is 5.85. The maximum Gasteiger partial charge on any atom is 0.307 e. The van der Waals surface area contributed by atoms with Crippen LogP contribution in [0.5, 0.6) is 0 Å². The minimum atomic E-state index is -0.905. The average Bonchev–Trinajstić information content (AvgIpc) is 2.36. The third-order valence-corrected chi connectivity index (χ3v) is 3.10. The van der Waals surface area contributed by atoms with Gasteiger partial charge >= 0.3 is 5.97 Å². The van der Waals surface area contributed by atoms with Crippen molar-refractivity contribution in [3.05, 3.63) is 12.2 Å².